The highest BCUT2D eigenvalue weighted by molar-refractivity contribution is 6.22. The van der Waals surface area contributed by atoms with Gasteiger partial charge in [0.05, 0.1) is 22.5 Å². The maximum Gasteiger partial charge on any atom is 0.259 e. The van der Waals surface area contributed by atoms with Crippen LogP contribution in [0.2, 0.25) is 0 Å². The number of rotatable bonds is 8. The Hall–Kier alpha value is -8.31. The summed E-state index contributed by atoms with van der Waals surface area (Å²) < 4.78 is 0. The van der Waals surface area contributed by atoms with E-state index in [4.69, 9.17) is 0 Å². The lowest BCUT2D eigenvalue weighted by Gasteiger charge is -2.11. The minimum absolute atomic E-state index is 0.0359. The molecule has 0 fully saturated rings. The number of hydrogen-bond donors (Lipinski definition) is 4. The number of phenolic OH excluding ortho intramolecular Hbond substituents is 2. The molecule has 2 amide bonds. The van der Waals surface area contributed by atoms with Crippen molar-refractivity contribution in [1.29, 1.82) is 0 Å². The number of fused-ring (bicyclic) bond motifs is 5. The lowest BCUT2D eigenvalue weighted by Crippen LogP contribution is -2.12. The quantitative estimate of drug-likeness (QED) is 0.113. The molecule has 0 heterocycles. The number of aromatic hydroxyl groups is 2. The van der Waals surface area contributed by atoms with Crippen LogP contribution in [0.25, 0.3) is 32.7 Å². The zero-order valence-electron chi connectivity index (χ0n) is 31.3. The zero-order valence-corrected chi connectivity index (χ0v) is 31.3. The fourth-order valence-corrected chi connectivity index (χ4v) is 7.22. The topological polar surface area (TPSA) is 165 Å². The Kier molecular flexibility index (Phi) is 9.22. The average molecular weight is 773 g/mol. The average Bonchev–Trinajstić information content (AvgIpc) is 3.52. The molecule has 0 bridgehead atoms. The smallest absolute Gasteiger partial charge is 0.259 e. The Morgan fingerprint density at radius 2 is 0.949 bits per heavy atom. The zero-order chi connectivity index (χ0) is 40.6. The summed E-state index contributed by atoms with van der Waals surface area (Å²) in [7, 11) is 0. The van der Waals surface area contributed by atoms with E-state index in [1.165, 1.54) is 0 Å². The molecule has 4 N–H and O–H groups in total. The molecule has 1 aliphatic carbocycles. The number of ketones is 1. The molecule has 11 heteroatoms. The van der Waals surface area contributed by atoms with E-state index < -0.39 is 11.8 Å². The van der Waals surface area contributed by atoms with Gasteiger partial charge in [0.2, 0.25) is 0 Å². The van der Waals surface area contributed by atoms with Crippen LogP contribution in [0.1, 0.15) is 42.2 Å². The van der Waals surface area contributed by atoms with Crippen molar-refractivity contribution in [3.8, 4) is 22.6 Å². The normalized spacial score (nSPS) is 12.0. The first kappa shape index (κ1) is 36.3. The Morgan fingerprint density at radius 3 is 1.47 bits per heavy atom. The van der Waals surface area contributed by atoms with Crippen molar-refractivity contribution in [2.75, 3.05) is 10.6 Å². The minimum Gasteiger partial charge on any atom is -0.505 e. The molecule has 59 heavy (non-hydrogen) atoms. The summed E-state index contributed by atoms with van der Waals surface area (Å²) in [6.45, 7) is 1.92. The number of para-hydroxylation sites is 1. The lowest BCUT2D eigenvalue weighted by atomic mass is 10.0. The molecule has 284 valence electrons. The summed E-state index contributed by atoms with van der Waals surface area (Å²) in [4.78, 5) is 40.5. The van der Waals surface area contributed by atoms with Crippen LogP contribution >= 0.6 is 0 Å². The highest BCUT2D eigenvalue weighted by atomic mass is 16.3. The SMILES string of the molecule is Cc1cccc(NC(=O)c2cc3ccccc3c(N=Nc3ccc4c(c3)C(=O)c3cc(N=Nc5c(O)c(C(=O)Nc6ccccc6)cc6ccccc56)ccc3-4)c2O)c1. The van der Waals surface area contributed by atoms with Crippen LogP contribution in [-0.2, 0) is 0 Å². The van der Waals surface area contributed by atoms with Crippen molar-refractivity contribution in [2.45, 2.75) is 6.92 Å². The summed E-state index contributed by atoms with van der Waals surface area (Å²) in [6.07, 6.45) is 0. The summed E-state index contributed by atoms with van der Waals surface area (Å²) in [5, 5.41) is 48.5. The van der Waals surface area contributed by atoms with E-state index >= 15 is 0 Å². The number of nitrogens with zero attached hydrogens (tertiary/aromatic N) is 4. The Morgan fingerprint density at radius 1 is 0.475 bits per heavy atom. The predicted molar refractivity (Wildman–Crippen MR) is 228 cm³/mol. The van der Waals surface area contributed by atoms with Gasteiger partial charge in [-0.3, -0.25) is 14.4 Å². The first-order valence-electron chi connectivity index (χ1n) is 18.6. The van der Waals surface area contributed by atoms with E-state index in [2.05, 4.69) is 31.1 Å². The van der Waals surface area contributed by atoms with Gasteiger partial charge in [0, 0.05) is 33.3 Å². The van der Waals surface area contributed by atoms with Crippen LogP contribution in [0.4, 0.5) is 34.1 Å². The predicted octanol–water partition coefficient (Wildman–Crippen LogP) is 12.3. The number of azo groups is 2. The third-order valence-electron chi connectivity index (χ3n) is 10.1. The third kappa shape index (κ3) is 6.93. The highest BCUT2D eigenvalue weighted by Gasteiger charge is 2.28. The first-order chi connectivity index (χ1) is 28.7. The fraction of sp³-hybridized carbons (Fsp3) is 0.0208. The number of carbonyl (C=O) groups is 3. The summed E-state index contributed by atoms with van der Waals surface area (Å²) in [6, 6.07) is 44.3. The number of carbonyl (C=O) groups excluding carboxylic acids is 3. The van der Waals surface area contributed by atoms with Gasteiger partial charge >= 0.3 is 0 Å². The van der Waals surface area contributed by atoms with Crippen molar-refractivity contribution < 1.29 is 24.6 Å². The second-order valence-corrected chi connectivity index (χ2v) is 14.0. The maximum absolute atomic E-state index is 13.8. The Balaban J connectivity index is 0.994. The highest BCUT2D eigenvalue weighted by Crippen LogP contribution is 2.44. The molecule has 0 radical (unpaired) electrons. The van der Waals surface area contributed by atoms with Crippen LogP contribution in [-0.4, -0.2) is 27.8 Å². The molecule has 0 atom stereocenters. The molecular formula is C48H32N6O5. The van der Waals surface area contributed by atoms with Gasteiger partial charge in [0.15, 0.2) is 17.3 Å². The van der Waals surface area contributed by atoms with Crippen LogP contribution in [0.3, 0.4) is 0 Å². The van der Waals surface area contributed by atoms with E-state index in [9.17, 15) is 24.6 Å². The second kappa shape index (κ2) is 15.0. The lowest BCUT2D eigenvalue weighted by molar-refractivity contribution is 0.101. The third-order valence-corrected chi connectivity index (χ3v) is 10.1. The van der Waals surface area contributed by atoms with Crippen molar-refractivity contribution in [3.05, 3.63) is 179 Å². The number of phenols is 2. The molecule has 9 rings (SSSR count). The van der Waals surface area contributed by atoms with Gasteiger partial charge in [-0.1, -0.05) is 91.0 Å². The van der Waals surface area contributed by atoms with E-state index in [1.807, 2.05) is 55.5 Å². The Bertz CT molecular complexity index is 3110. The minimum atomic E-state index is -0.504. The number of nitrogens with one attached hydrogen (secondary N) is 2. The Labute approximate surface area is 337 Å². The van der Waals surface area contributed by atoms with Gasteiger partial charge < -0.3 is 20.8 Å². The monoisotopic (exact) mass is 772 g/mol. The molecular weight excluding hydrogens is 741 g/mol. The molecule has 0 aromatic heterocycles. The molecule has 0 saturated heterocycles. The largest absolute Gasteiger partial charge is 0.505 e. The molecule has 1 aliphatic rings. The van der Waals surface area contributed by atoms with E-state index in [-0.39, 0.29) is 39.8 Å². The number of hydrogen-bond acceptors (Lipinski definition) is 9. The van der Waals surface area contributed by atoms with E-state index in [0.29, 0.717) is 66.5 Å². The van der Waals surface area contributed by atoms with E-state index in [1.54, 1.807) is 103 Å². The number of amides is 2. The van der Waals surface area contributed by atoms with Crippen LogP contribution in [0.15, 0.2) is 172 Å². The van der Waals surface area contributed by atoms with Crippen molar-refractivity contribution in [1.82, 2.24) is 0 Å². The van der Waals surface area contributed by atoms with E-state index in [0.717, 1.165) is 5.56 Å². The van der Waals surface area contributed by atoms with Crippen molar-refractivity contribution in [2.24, 2.45) is 20.5 Å². The van der Waals surface area contributed by atoms with Crippen molar-refractivity contribution in [3.63, 3.8) is 0 Å². The molecule has 0 unspecified atom stereocenters. The second-order valence-electron chi connectivity index (χ2n) is 14.0. The van der Waals surface area contributed by atoms with Gasteiger partial charge in [0.1, 0.15) is 11.4 Å². The van der Waals surface area contributed by atoms with Gasteiger partial charge in [-0.25, -0.2) is 0 Å². The summed E-state index contributed by atoms with van der Waals surface area (Å²) >= 11 is 0. The fourth-order valence-electron chi connectivity index (χ4n) is 7.22. The number of aryl methyl sites for hydroxylation is 1. The molecule has 11 nitrogen and oxygen atoms in total. The molecule has 8 aromatic carbocycles. The van der Waals surface area contributed by atoms with Gasteiger partial charge in [-0.15, -0.1) is 10.2 Å². The van der Waals surface area contributed by atoms with Gasteiger partial charge in [0.25, 0.3) is 11.8 Å². The molecule has 0 saturated carbocycles. The summed E-state index contributed by atoms with van der Waals surface area (Å²) in [5.74, 6) is -1.91. The number of benzene rings is 8. The molecule has 8 aromatic rings. The standard InChI is InChI=1S/C48H32N6O5/c1-27-10-9-15-31(22-27)50-48(59)41-24-29-12-6-8-17-35(29)43(46(41)57)54-52-33-19-21-37-36-20-18-32(25-38(36)44(55)39(37)26-33)51-53-42-34-16-7-5-11-28(34)23-40(45(42)56)47(58)49-30-13-3-2-4-14-30/h2-26,56-57H,1H3,(H,49,58)(H,50,59). The van der Waals surface area contributed by atoms with Crippen LogP contribution in [0, 0.1) is 6.92 Å². The maximum atomic E-state index is 13.8. The van der Waals surface area contributed by atoms with Crippen LogP contribution < -0.4 is 10.6 Å². The van der Waals surface area contributed by atoms with Gasteiger partial charge in [-0.05, 0) is 95.1 Å². The summed E-state index contributed by atoms with van der Waals surface area (Å²) in [5.41, 5.74) is 5.39. The molecule has 0 spiro atoms. The first-order valence-corrected chi connectivity index (χ1v) is 18.6. The number of anilines is 2. The van der Waals surface area contributed by atoms with Gasteiger partial charge in [-0.2, -0.15) is 10.2 Å². The van der Waals surface area contributed by atoms with Crippen molar-refractivity contribution >= 4 is 73.3 Å². The molecule has 0 aliphatic heterocycles. The van der Waals surface area contributed by atoms with Crippen LogP contribution in [0.5, 0.6) is 11.5 Å².